The fraction of sp³-hybridized carbons (Fsp3) is 0.385. The Morgan fingerprint density at radius 2 is 2.06 bits per heavy atom. The third-order valence-electron chi connectivity index (χ3n) is 2.63. The smallest absolute Gasteiger partial charge is 0.225 e. The zero-order valence-corrected chi connectivity index (χ0v) is 12.1. The summed E-state index contributed by atoms with van der Waals surface area (Å²) in [6.45, 7) is 5.13. The maximum Gasteiger partial charge on any atom is 0.225 e. The molecule has 5 heteroatoms. The number of thiophene rings is 1. The van der Waals surface area contributed by atoms with Crippen LogP contribution >= 0.6 is 22.9 Å². The number of halogens is 1. The molecule has 0 atom stereocenters. The molecule has 0 spiro atoms. The van der Waals surface area contributed by atoms with Gasteiger partial charge in [-0.3, -0.25) is 0 Å². The molecule has 18 heavy (non-hydrogen) atoms. The van der Waals surface area contributed by atoms with Crippen LogP contribution in [-0.4, -0.2) is 16.0 Å². The minimum Gasteiger partial charge on any atom is -0.333 e. The number of rotatable bonds is 5. The van der Waals surface area contributed by atoms with E-state index in [4.69, 9.17) is 11.6 Å². The predicted octanol–water partition coefficient (Wildman–Crippen LogP) is 3.69. The lowest BCUT2D eigenvalue weighted by molar-refractivity contribution is 0.664. The minimum atomic E-state index is 0.356. The van der Waals surface area contributed by atoms with Crippen molar-refractivity contribution >= 4 is 28.9 Å². The van der Waals surface area contributed by atoms with Gasteiger partial charge in [-0.25, -0.2) is 9.97 Å². The van der Waals surface area contributed by atoms with E-state index in [-0.39, 0.29) is 0 Å². The highest BCUT2D eigenvalue weighted by molar-refractivity contribution is 7.09. The number of hydrogen-bond donors (Lipinski definition) is 0. The van der Waals surface area contributed by atoms with Crippen molar-refractivity contribution in [1.29, 1.82) is 0 Å². The van der Waals surface area contributed by atoms with Crippen LogP contribution in [-0.2, 0) is 12.4 Å². The summed E-state index contributed by atoms with van der Waals surface area (Å²) in [6, 6.07) is 4.55. The molecule has 0 aliphatic heterocycles. The second-order valence-electron chi connectivity index (χ2n) is 4.33. The predicted molar refractivity (Wildman–Crippen MR) is 77.2 cm³/mol. The molecule has 0 aliphatic carbocycles. The third-order valence-corrected chi connectivity index (χ3v) is 3.80. The average Bonchev–Trinajstić information content (AvgIpc) is 2.89. The van der Waals surface area contributed by atoms with Crippen molar-refractivity contribution in [1.82, 2.24) is 9.97 Å². The van der Waals surface area contributed by atoms with Gasteiger partial charge in [0, 0.05) is 28.9 Å². The van der Waals surface area contributed by atoms with E-state index in [2.05, 4.69) is 46.2 Å². The van der Waals surface area contributed by atoms with E-state index >= 15 is 0 Å². The molecule has 0 aliphatic rings. The Hall–Kier alpha value is -1.13. The first-order valence-electron chi connectivity index (χ1n) is 5.86. The van der Waals surface area contributed by atoms with Crippen molar-refractivity contribution in [2.45, 2.75) is 32.3 Å². The van der Waals surface area contributed by atoms with Gasteiger partial charge in [-0.05, 0) is 25.3 Å². The van der Waals surface area contributed by atoms with Gasteiger partial charge in [0.1, 0.15) is 0 Å². The highest BCUT2D eigenvalue weighted by atomic mass is 35.5. The Kier molecular flexibility index (Phi) is 4.55. The molecule has 96 valence electrons. The van der Waals surface area contributed by atoms with Crippen LogP contribution in [0.4, 0.5) is 5.95 Å². The van der Waals surface area contributed by atoms with Crippen LogP contribution in [0.5, 0.6) is 0 Å². The van der Waals surface area contributed by atoms with E-state index in [1.165, 1.54) is 4.88 Å². The first-order chi connectivity index (χ1) is 8.70. The fourth-order valence-electron chi connectivity index (χ4n) is 1.62. The van der Waals surface area contributed by atoms with Crippen LogP contribution in [0.1, 0.15) is 24.3 Å². The zero-order valence-electron chi connectivity index (χ0n) is 10.5. The van der Waals surface area contributed by atoms with Crippen LogP contribution in [0.25, 0.3) is 0 Å². The number of alkyl halides is 1. The van der Waals surface area contributed by atoms with E-state index in [1.54, 1.807) is 23.7 Å². The van der Waals surface area contributed by atoms with Crippen LogP contribution in [0, 0.1) is 0 Å². The fourth-order valence-corrected chi connectivity index (χ4v) is 2.46. The molecule has 0 saturated heterocycles. The standard InChI is InChI=1S/C13H16ClN3S/c1-10(2)17(9-12-4-3-5-18-12)13-15-7-11(6-14)8-16-13/h3-5,7-8,10H,6,9H2,1-2H3. The number of aromatic nitrogens is 2. The molecule has 2 aromatic rings. The van der Waals surface area contributed by atoms with Gasteiger partial charge in [-0.2, -0.15) is 0 Å². The highest BCUT2D eigenvalue weighted by Gasteiger charge is 2.14. The van der Waals surface area contributed by atoms with Crippen molar-refractivity contribution in [3.8, 4) is 0 Å². The van der Waals surface area contributed by atoms with Gasteiger partial charge in [-0.15, -0.1) is 22.9 Å². The van der Waals surface area contributed by atoms with Crippen LogP contribution in [0.2, 0.25) is 0 Å². The lowest BCUT2D eigenvalue weighted by atomic mass is 10.3. The van der Waals surface area contributed by atoms with Crippen molar-refractivity contribution in [2.24, 2.45) is 0 Å². The molecule has 0 amide bonds. The van der Waals surface area contributed by atoms with Crippen molar-refractivity contribution in [3.63, 3.8) is 0 Å². The van der Waals surface area contributed by atoms with Crippen LogP contribution in [0.3, 0.4) is 0 Å². The van der Waals surface area contributed by atoms with Gasteiger partial charge in [0.15, 0.2) is 0 Å². The summed E-state index contributed by atoms with van der Waals surface area (Å²) in [5, 5.41) is 2.09. The molecule has 0 radical (unpaired) electrons. The lowest BCUT2D eigenvalue weighted by Gasteiger charge is -2.26. The summed E-state index contributed by atoms with van der Waals surface area (Å²) in [7, 11) is 0. The van der Waals surface area contributed by atoms with Gasteiger partial charge in [0.25, 0.3) is 0 Å². The van der Waals surface area contributed by atoms with E-state index in [9.17, 15) is 0 Å². The molecule has 0 unspecified atom stereocenters. The molecule has 0 bridgehead atoms. The Balaban J connectivity index is 2.18. The van der Waals surface area contributed by atoms with E-state index in [0.717, 1.165) is 18.1 Å². The Morgan fingerprint density at radius 3 is 2.56 bits per heavy atom. The second kappa shape index (κ2) is 6.16. The summed E-state index contributed by atoms with van der Waals surface area (Å²) in [5.74, 6) is 1.21. The quantitative estimate of drug-likeness (QED) is 0.783. The molecular weight excluding hydrogens is 266 g/mol. The van der Waals surface area contributed by atoms with Gasteiger partial charge >= 0.3 is 0 Å². The molecule has 0 saturated carbocycles. The zero-order chi connectivity index (χ0) is 13.0. The molecule has 0 N–H and O–H groups in total. The maximum atomic E-state index is 5.74. The molecule has 2 aromatic heterocycles. The highest BCUT2D eigenvalue weighted by Crippen LogP contribution is 2.18. The first kappa shape index (κ1) is 13.3. The Morgan fingerprint density at radius 1 is 1.33 bits per heavy atom. The van der Waals surface area contributed by atoms with Crippen molar-refractivity contribution < 1.29 is 0 Å². The second-order valence-corrected chi connectivity index (χ2v) is 5.63. The van der Waals surface area contributed by atoms with Gasteiger partial charge in [0.05, 0.1) is 12.4 Å². The van der Waals surface area contributed by atoms with Crippen molar-refractivity contribution in [3.05, 3.63) is 40.3 Å². The van der Waals surface area contributed by atoms with E-state index in [1.807, 2.05) is 0 Å². The topological polar surface area (TPSA) is 29.0 Å². The van der Waals surface area contributed by atoms with Crippen LogP contribution in [0.15, 0.2) is 29.9 Å². The summed E-state index contributed by atoms with van der Waals surface area (Å²) < 4.78 is 0. The monoisotopic (exact) mass is 281 g/mol. The minimum absolute atomic E-state index is 0.356. The maximum absolute atomic E-state index is 5.74. The van der Waals surface area contributed by atoms with E-state index in [0.29, 0.717) is 11.9 Å². The number of anilines is 1. The largest absolute Gasteiger partial charge is 0.333 e. The Bertz CT molecular complexity index is 467. The molecule has 0 aromatic carbocycles. The molecule has 2 heterocycles. The molecule has 2 rings (SSSR count). The lowest BCUT2D eigenvalue weighted by Crippen LogP contribution is -2.31. The number of hydrogen-bond acceptors (Lipinski definition) is 4. The number of nitrogens with zero attached hydrogens (tertiary/aromatic N) is 3. The summed E-state index contributed by atoms with van der Waals surface area (Å²) in [6.07, 6.45) is 3.58. The van der Waals surface area contributed by atoms with Crippen molar-refractivity contribution in [2.75, 3.05) is 4.90 Å². The SMILES string of the molecule is CC(C)N(Cc1cccs1)c1ncc(CCl)cn1. The molecule has 3 nitrogen and oxygen atoms in total. The summed E-state index contributed by atoms with van der Waals surface area (Å²) in [5.41, 5.74) is 0.945. The van der Waals surface area contributed by atoms with E-state index < -0.39 is 0 Å². The molecule has 0 fully saturated rings. The normalized spacial score (nSPS) is 10.9. The summed E-state index contributed by atoms with van der Waals surface area (Å²) in [4.78, 5) is 12.3. The van der Waals surface area contributed by atoms with Gasteiger partial charge in [-0.1, -0.05) is 6.07 Å². The first-order valence-corrected chi connectivity index (χ1v) is 7.28. The van der Waals surface area contributed by atoms with Gasteiger partial charge < -0.3 is 4.90 Å². The van der Waals surface area contributed by atoms with Gasteiger partial charge in [0.2, 0.25) is 5.95 Å². The third kappa shape index (κ3) is 3.21. The molecular formula is C13H16ClN3S. The summed E-state index contributed by atoms with van der Waals surface area (Å²) >= 11 is 7.50. The van der Waals surface area contributed by atoms with Crippen LogP contribution < -0.4 is 4.90 Å². The Labute approximate surface area is 116 Å². The average molecular weight is 282 g/mol.